The molecule has 0 aromatic heterocycles. The highest BCUT2D eigenvalue weighted by atomic mass is 16.5. The van der Waals surface area contributed by atoms with Crippen molar-refractivity contribution in [2.45, 2.75) is 25.4 Å². The molecule has 3 nitrogen and oxygen atoms in total. The summed E-state index contributed by atoms with van der Waals surface area (Å²) in [6, 6.07) is 6.42. The van der Waals surface area contributed by atoms with Crippen molar-refractivity contribution in [1.82, 2.24) is 5.32 Å². The minimum Gasteiger partial charge on any atom is -0.489 e. The van der Waals surface area contributed by atoms with E-state index in [1.54, 1.807) is 0 Å². The minimum absolute atomic E-state index is 0.356. The maximum absolute atomic E-state index is 5.95. The first-order valence-corrected chi connectivity index (χ1v) is 6.16. The number of hydrogen-bond donors (Lipinski definition) is 2. The summed E-state index contributed by atoms with van der Waals surface area (Å²) in [5, 5.41) is 6.73. The molecule has 2 N–H and O–H groups in total. The molecule has 16 heavy (non-hydrogen) atoms. The molecule has 3 rings (SSSR count). The second-order valence-electron chi connectivity index (χ2n) is 4.58. The van der Waals surface area contributed by atoms with E-state index >= 15 is 0 Å². The summed E-state index contributed by atoms with van der Waals surface area (Å²) in [5.74, 6) is 1.02. The van der Waals surface area contributed by atoms with E-state index < -0.39 is 0 Å². The molecule has 0 amide bonds. The van der Waals surface area contributed by atoms with Crippen LogP contribution in [0.5, 0.6) is 5.75 Å². The van der Waals surface area contributed by atoms with Crippen LogP contribution in [0.25, 0.3) is 0 Å². The Labute approximate surface area is 96.2 Å². The van der Waals surface area contributed by atoms with E-state index in [4.69, 9.17) is 4.74 Å². The second-order valence-corrected chi connectivity index (χ2v) is 4.58. The summed E-state index contributed by atoms with van der Waals surface area (Å²) in [6.45, 7) is 3.16. The van der Waals surface area contributed by atoms with E-state index in [0.717, 1.165) is 31.8 Å². The highest BCUT2D eigenvalue weighted by Gasteiger charge is 2.16. The van der Waals surface area contributed by atoms with Gasteiger partial charge < -0.3 is 15.4 Å². The molecule has 1 unspecified atom stereocenters. The second kappa shape index (κ2) is 4.34. The Kier molecular flexibility index (Phi) is 2.70. The molecule has 2 heterocycles. The molecule has 1 aromatic carbocycles. The van der Waals surface area contributed by atoms with Crippen LogP contribution in [0.15, 0.2) is 18.2 Å². The van der Waals surface area contributed by atoms with E-state index in [9.17, 15) is 0 Å². The molecule has 2 aliphatic heterocycles. The predicted octanol–water partition coefficient (Wildman–Crippen LogP) is 1.79. The van der Waals surface area contributed by atoms with Crippen LogP contribution in [0.3, 0.4) is 0 Å². The molecular formula is C13H18N2O. The molecule has 0 radical (unpaired) electrons. The Hall–Kier alpha value is -1.22. The third-order valence-electron chi connectivity index (χ3n) is 3.33. The molecular weight excluding hydrogens is 200 g/mol. The lowest BCUT2D eigenvalue weighted by atomic mass is 10.0. The van der Waals surface area contributed by atoms with Crippen LogP contribution in [-0.4, -0.2) is 25.7 Å². The zero-order valence-electron chi connectivity index (χ0n) is 9.46. The molecule has 86 valence electrons. The first-order chi connectivity index (χ1) is 7.92. The number of nitrogens with one attached hydrogen (secondary N) is 2. The monoisotopic (exact) mass is 218 g/mol. The minimum atomic E-state index is 0.356. The molecule has 1 fully saturated rings. The van der Waals surface area contributed by atoms with E-state index in [1.807, 2.05) is 0 Å². The van der Waals surface area contributed by atoms with Crippen molar-refractivity contribution in [3.63, 3.8) is 0 Å². The van der Waals surface area contributed by atoms with Crippen LogP contribution in [-0.2, 0) is 6.42 Å². The predicted molar refractivity (Wildman–Crippen MR) is 65.2 cm³/mol. The van der Waals surface area contributed by atoms with Gasteiger partial charge in [0.25, 0.3) is 0 Å². The smallest absolute Gasteiger partial charge is 0.120 e. The first kappa shape index (κ1) is 9.97. The van der Waals surface area contributed by atoms with Gasteiger partial charge in [-0.1, -0.05) is 0 Å². The van der Waals surface area contributed by atoms with Crippen LogP contribution in [0.4, 0.5) is 5.69 Å². The first-order valence-electron chi connectivity index (χ1n) is 6.16. The van der Waals surface area contributed by atoms with Crippen LogP contribution < -0.4 is 15.4 Å². The summed E-state index contributed by atoms with van der Waals surface area (Å²) in [5.41, 5.74) is 2.68. The van der Waals surface area contributed by atoms with Gasteiger partial charge in [-0.2, -0.15) is 0 Å². The van der Waals surface area contributed by atoms with Crippen molar-refractivity contribution in [3.8, 4) is 5.75 Å². The van der Waals surface area contributed by atoms with Crippen molar-refractivity contribution >= 4 is 5.69 Å². The summed E-state index contributed by atoms with van der Waals surface area (Å²) < 4.78 is 5.95. The van der Waals surface area contributed by atoms with Crippen molar-refractivity contribution < 1.29 is 4.74 Å². The van der Waals surface area contributed by atoms with Crippen molar-refractivity contribution in [2.75, 3.05) is 25.0 Å². The van der Waals surface area contributed by atoms with Gasteiger partial charge in [0, 0.05) is 18.8 Å². The highest BCUT2D eigenvalue weighted by molar-refractivity contribution is 5.55. The van der Waals surface area contributed by atoms with E-state index in [0.29, 0.717) is 6.10 Å². The van der Waals surface area contributed by atoms with Crippen LogP contribution in [0, 0.1) is 0 Å². The molecule has 1 saturated heterocycles. The van der Waals surface area contributed by atoms with Crippen molar-refractivity contribution in [2.24, 2.45) is 0 Å². The lowest BCUT2D eigenvalue weighted by Crippen LogP contribution is -2.20. The zero-order chi connectivity index (χ0) is 10.8. The van der Waals surface area contributed by atoms with Gasteiger partial charge in [-0.3, -0.25) is 0 Å². The Morgan fingerprint density at radius 1 is 1.25 bits per heavy atom. The van der Waals surface area contributed by atoms with Gasteiger partial charge in [-0.15, -0.1) is 0 Å². The molecule has 0 bridgehead atoms. The van der Waals surface area contributed by atoms with Crippen molar-refractivity contribution in [1.29, 1.82) is 0 Å². The van der Waals surface area contributed by atoms with Crippen LogP contribution in [0.1, 0.15) is 18.4 Å². The number of fused-ring (bicyclic) bond motifs is 1. The van der Waals surface area contributed by atoms with Gasteiger partial charge in [0.15, 0.2) is 0 Å². The number of ether oxygens (including phenoxy) is 1. The quantitative estimate of drug-likeness (QED) is 0.794. The van der Waals surface area contributed by atoms with Gasteiger partial charge >= 0.3 is 0 Å². The number of hydrogen-bond acceptors (Lipinski definition) is 3. The van der Waals surface area contributed by atoms with Gasteiger partial charge in [-0.25, -0.2) is 0 Å². The van der Waals surface area contributed by atoms with Gasteiger partial charge in [-0.05, 0) is 49.6 Å². The Morgan fingerprint density at radius 2 is 2.25 bits per heavy atom. The number of rotatable bonds is 2. The molecule has 0 saturated carbocycles. The molecule has 0 aliphatic carbocycles. The summed E-state index contributed by atoms with van der Waals surface area (Å²) in [4.78, 5) is 0. The molecule has 2 aliphatic rings. The fourth-order valence-electron chi connectivity index (χ4n) is 2.45. The zero-order valence-corrected chi connectivity index (χ0v) is 9.46. The fraction of sp³-hybridized carbons (Fsp3) is 0.538. The summed E-state index contributed by atoms with van der Waals surface area (Å²) in [7, 11) is 0. The van der Waals surface area contributed by atoms with Gasteiger partial charge in [0.2, 0.25) is 0 Å². The average molecular weight is 218 g/mol. The largest absolute Gasteiger partial charge is 0.489 e. The Balaban J connectivity index is 1.74. The lowest BCUT2D eigenvalue weighted by molar-refractivity contribution is 0.223. The van der Waals surface area contributed by atoms with E-state index in [1.165, 1.54) is 24.1 Å². The maximum Gasteiger partial charge on any atom is 0.120 e. The molecule has 1 aromatic rings. The lowest BCUT2D eigenvalue weighted by Gasteiger charge is -2.20. The average Bonchev–Trinajstić information content (AvgIpc) is 2.82. The molecule has 3 heteroatoms. The topological polar surface area (TPSA) is 33.3 Å². The maximum atomic E-state index is 5.95. The summed E-state index contributed by atoms with van der Waals surface area (Å²) >= 11 is 0. The number of benzene rings is 1. The Bertz CT molecular complexity index is 372. The van der Waals surface area contributed by atoms with Crippen LogP contribution >= 0.6 is 0 Å². The highest BCUT2D eigenvalue weighted by Crippen LogP contribution is 2.27. The van der Waals surface area contributed by atoms with Crippen LogP contribution in [0.2, 0.25) is 0 Å². The normalized spacial score (nSPS) is 23.6. The fourth-order valence-corrected chi connectivity index (χ4v) is 2.45. The Morgan fingerprint density at radius 3 is 3.12 bits per heavy atom. The SMILES string of the molecule is c1cc2c(cc1OC1CCNC1)CCCN2. The third-order valence-corrected chi connectivity index (χ3v) is 3.33. The van der Waals surface area contributed by atoms with Gasteiger partial charge in [0.05, 0.1) is 0 Å². The summed E-state index contributed by atoms with van der Waals surface area (Å²) in [6.07, 6.45) is 3.87. The molecule has 0 spiro atoms. The van der Waals surface area contributed by atoms with Gasteiger partial charge in [0.1, 0.15) is 11.9 Å². The van der Waals surface area contributed by atoms with E-state index in [2.05, 4.69) is 28.8 Å². The number of aryl methyl sites for hydroxylation is 1. The number of anilines is 1. The third kappa shape index (κ3) is 2.00. The molecule has 1 atom stereocenters. The van der Waals surface area contributed by atoms with Crippen molar-refractivity contribution in [3.05, 3.63) is 23.8 Å². The van der Waals surface area contributed by atoms with E-state index in [-0.39, 0.29) is 0 Å². The standard InChI is InChI=1S/C13H18N2O/c1-2-10-8-11(3-4-13(10)15-6-1)16-12-5-7-14-9-12/h3-4,8,12,14-15H,1-2,5-7,9H2.